The van der Waals surface area contributed by atoms with Crippen molar-refractivity contribution in [1.29, 1.82) is 0 Å². The van der Waals surface area contributed by atoms with E-state index in [0.29, 0.717) is 22.4 Å². The maximum Gasteiger partial charge on any atom is 0.274 e. The topological polar surface area (TPSA) is 118 Å². The lowest BCUT2D eigenvalue weighted by Crippen LogP contribution is -2.22. The maximum atomic E-state index is 14.1. The fourth-order valence-corrected chi connectivity index (χ4v) is 11.2. The van der Waals surface area contributed by atoms with Gasteiger partial charge in [-0.05, 0) is 60.7 Å². The number of Topliss-reactive ketones (excluding diaryl/α,β-unsaturated/α-hetero) is 1. The molecule has 1 aliphatic heterocycles. The highest BCUT2D eigenvalue weighted by Gasteiger charge is 2.42. The number of hydrogen-bond acceptors (Lipinski definition) is 13. The summed E-state index contributed by atoms with van der Waals surface area (Å²) in [6, 6.07) is 15.2. The number of ether oxygens (including phenoxy) is 1. The molecule has 3 amide bonds. The number of nitrogens with one attached hydrogen (secondary N) is 1. The molecule has 1 aromatic heterocycles. The van der Waals surface area contributed by atoms with Gasteiger partial charge >= 0.3 is 0 Å². The van der Waals surface area contributed by atoms with Crippen LogP contribution in [0.15, 0.2) is 99.7 Å². The number of benzene rings is 3. The van der Waals surface area contributed by atoms with Gasteiger partial charge in [0.15, 0.2) is 11.5 Å². The van der Waals surface area contributed by atoms with Crippen molar-refractivity contribution in [1.82, 2.24) is 4.31 Å². The third-order valence-electron chi connectivity index (χ3n) is 7.43. The highest BCUT2D eigenvalue weighted by atomic mass is 32.2. The Hall–Kier alpha value is -3.47. The van der Waals surface area contributed by atoms with E-state index in [1.807, 2.05) is 36.5 Å². The van der Waals surface area contributed by atoms with Crippen molar-refractivity contribution < 1.29 is 23.9 Å². The number of carbonyl (C=O) groups excluding carboxylic acids is 4. The van der Waals surface area contributed by atoms with E-state index >= 15 is 0 Å². The maximum absolute atomic E-state index is 14.1. The van der Waals surface area contributed by atoms with Gasteiger partial charge in [-0.15, -0.1) is 68.6 Å². The molecule has 48 heavy (non-hydrogen) atoms. The number of carbonyl (C=O) groups is 4. The normalized spacial score (nSPS) is 13.9. The second-order valence-electron chi connectivity index (χ2n) is 9.92. The lowest BCUT2D eigenvalue weighted by molar-refractivity contribution is 0.0777. The second kappa shape index (κ2) is 14.6. The zero-order valence-corrected chi connectivity index (χ0v) is 31.0. The summed E-state index contributed by atoms with van der Waals surface area (Å²) in [5.41, 5.74) is 1.78. The van der Waals surface area contributed by atoms with Crippen molar-refractivity contribution in [2.24, 2.45) is 10.2 Å². The first-order chi connectivity index (χ1) is 23.3. The Morgan fingerprint density at radius 2 is 1.40 bits per heavy atom. The highest BCUT2D eigenvalue weighted by molar-refractivity contribution is 8.04. The SMILES string of the molecule is COC1=C(N=Nc2ccc(NC(=O)c3ccccc3)c3c2C(=O)N(Sc2cccs2)C3=O)C(=O)c2c(SC)c(SC)c(SC)c(SC)c21. The van der Waals surface area contributed by atoms with E-state index in [0.717, 1.165) is 40.0 Å². The van der Waals surface area contributed by atoms with Crippen LogP contribution in [-0.2, 0) is 4.74 Å². The van der Waals surface area contributed by atoms with Crippen molar-refractivity contribution in [3.8, 4) is 0 Å². The van der Waals surface area contributed by atoms with Crippen LogP contribution >= 0.6 is 70.3 Å². The van der Waals surface area contributed by atoms with Gasteiger partial charge in [0.25, 0.3) is 17.7 Å². The molecular weight excluding hydrogens is 725 g/mol. The van der Waals surface area contributed by atoms with Crippen molar-refractivity contribution in [2.45, 2.75) is 23.8 Å². The number of ketones is 1. The van der Waals surface area contributed by atoms with E-state index in [-0.39, 0.29) is 34.0 Å². The van der Waals surface area contributed by atoms with Crippen LogP contribution in [0.5, 0.6) is 0 Å². The van der Waals surface area contributed by atoms with Crippen molar-refractivity contribution in [2.75, 3.05) is 37.4 Å². The molecule has 6 rings (SSSR count). The standard InChI is InChI=1S/C33H26N4O5S6/c1-42-26-23-22(27(43-2)29(45-4)30(46-5)28(23)44-3)25(38)24(26)36-35-18-14-13-17(34-31(39)16-10-7-6-8-11-16)20-21(18)33(41)37(32(20)40)48-19-12-9-15-47-19/h6-15H,1-5H3,(H,34,39). The van der Waals surface area contributed by atoms with Gasteiger partial charge in [-0.3, -0.25) is 19.2 Å². The highest BCUT2D eigenvalue weighted by Crippen LogP contribution is 2.52. The van der Waals surface area contributed by atoms with Crippen molar-refractivity contribution >= 4 is 111 Å². The molecule has 3 aromatic carbocycles. The number of imide groups is 1. The Kier molecular flexibility index (Phi) is 10.4. The molecule has 0 fully saturated rings. The molecule has 0 saturated heterocycles. The van der Waals surface area contributed by atoms with Crippen LogP contribution in [0, 0.1) is 0 Å². The Morgan fingerprint density at radius 3 is 2.00 bits per heavy atom. The fraction of sp³-hybridized carbons (Fsp3) is 0.152. The summed E-state index contributed by atoms with van der Waals surface area (Å²) in [7, 11) is 1.49. The predicted molar refractivity (Wildman–Crippen MR) is 198 cm³/mol. The van der Waals surface area contributed by atoms with E-state index in [1.165, 1.54) is 54.1 Å². The Morgan fingerprint density at radius 1 is 0.750 bits per heavy atom. The molecule has 244 valence electrons. The zero-order valence-electron chi connectivity index (χ0n) is 26.1. The van der Waals surface area contributed by atoms with Crippen LogP contribution in [0.4, 0.5) is 11.4 Å². The molecule has 1 N–H and O–H groups in total. The summed E-state index contributed by atoms with van der Waals surface area (Å²) in [4.78, 5) is 58.7. The third-order valence-corrected chi connectivity index (χ3v) is 13.1. The number of thioether (sulfide) groups is 4. The molecule has 0 radical (unpaired) electrons. The van der Waals surface area contributed by atoms with Gasteiger partial charge in [0, 0.05) is 42.7 Å². The molecule has 2 heterocycles. The van der Waals surface area contributed by atoms with E-state index in [1.54, 1.807) is 59.9 Å². The molecule has 4 aromatic rings. The van der Waals surface area contributed by atoms with Crippen LogP contribution < -0.4 is 5.32 Å². The molecular formula is C33H26N4O5S6. The Labute approximate surface area is 302 Å². The van der Waals surface area contributed by atoms with Gasteiger partial charge in [0.05, 0.1) is 39.4 Å². The van der Waals surface area contributed by atoms with Gasteiger partial charge in [-0.1, -0.05) is 24.3 Å². The number of amides is 3. The number of fused-ring (bicyclic) bond motifs is 2. The first-order valence-electron chi connectivity index (χ1n) is 14.1. The minimum absolute atomic E-state index is 0.000187. The predicted octanol–water partition coefficient (Wildman–Crippen LogP) is 9.49. The largest absolute Gasteiger partial charge is 0.494 e. The minimum Gasteiger partial charge on any atom is -0.494 e. The minimum atomic E-state index is -0.608. The first kappa shape index (κ1) is 34.4. The van der Waals surface area contributed by atoms with Crippen LogP contribution in [0.2, 0.25) is 0 Å². The van der Waals surface area contributed by atoms with Gasteiger partial charge < -0.3 is 10.1 Å². The lowest BCUT2D eigenvalue weighted by atomic mass is 10.0. The number of nitrogens with zero attached hydrogens (tertiary/aromatic N) is 3. The summed E-state index contributed by atoms with van der Waals surface area (Å²) < 4.78 is 7.60. The summed E-state index contributed by atoms with van der Waals surface area (Å²) in [6.45, 7) is 0. The average molecular weight is 751 g/mol. The quantitative estimate of drug-likeness (QED) is 0.0688. The van der Waals surface area contributed by atoms with E-state index < -0.39 is 17.7 Å². The number of anilines is 1. The van der Waals surface area contributed by atoms with Gasteiger partial charge in [-0.25, -0.2) is 4.31 Å². The Balaban J connectivity index is 1.46. The lowest BCUT2D eigenvalue weighted by Gasteiger charge is -2.19. The Bertz CT molecular complexity index is 2050. The number of allylic oxidation sites excluding steroid dienone is 1. The van der Waals surface area contributed by atoms with E-state index in [2.05, 4.69) is 15.5 Å². The van der Waals surface area contributed by atoms with Gasteiger partial charge in [-0.2, -0.15) is 0 Å². The summed E-state index contributed by atoms with van der Waals surface area (Å²) >= 11 is 8.59. The molecule has 0 unspecified atom stereocenters. The molecule has 0 bridgehead atoms. The van der Waals surface area contributed by atoms with E-state index in [4.69, 9.17) is 4.74 Å². The smallest absolute Gasteiger partial charge is 0.274 e. The molecule has 0 spiro atoms. The molecule has 9 nitrogen and oxygen atoms in total. The molecule has 0 saturated carbocycles. The number of azo groups is 1. The number of thiophene rings is 1. The van der Waals surface area contributed by atoms with Gasteiger partial charge in [0.2, 0.25) is 5.78 Å². The van der Waals surface area contributed by atoms with Crippen LogP contribution in [0.3, 0.4) is 0 Å². The fourth-order valence-electron chi connectivity index (χ4n) is 5.37. The number of rotatable bonds is 11. The van der Waals surface area contributed by atoms with Crippen LogP contribution in [-0.4, -0.2) is 59.9 Å². The van der Waals surface area contributed by atoms with Crippen molar-refractivity contribution in [3.63, 3.8) is 0 Å². The van der Waals surface area contributed by atoms with Gasteiger partial charge in [0.1, 0.15) is 0 Å². The molecule has 2 aliphatic rings. The third kappa shape index (κ3) is 5.90. The summed E-state index contributed by atoms with van der Waals surface area (Å²) in [6.07, 6.45) is 7.88. The van der Waals surface area contributed by atoms with Crippen LogP contribution in [0.1, 0.15) is 47.0 Å². The number of hydrogen-bond donors (Lipinski definition) is 1. The zero-order chi connectivity index (χ0) is 34.1. The van der Waals surface area contributed by atoms with E-state index in [9.17, 15) is 19.2 Å². The van der Waals surface area contributed by atoms with Crippen molar-refractivity contribution in [3.05, 3.63) is 93.5 Å². The second-order valence-corrected chi connectivity index (χ2v) is 15.4. The molecule has 0 atom stereocenters. The first-order valence-corrected chi connectivity index (χ1v) is 20.6. The summed E-state index contributed by atoms with van der Waals surface area (Å²) in [5, 5.41) is 13.4. The average Bonchev–Trinajstić information content (AvgIpc) is 3.79. The van der Waals surface area contributed by atoms with Crippen LogP contribution in [0.25, 0.3) is 5.76 Å². The molecule has 1 aliphatic carbocycles. The summed E-state index contributed by atoms with van der Waals surface area (Å²) in [5.74, 6) is -1.69. The number of methoxy groups -OCH3 is 1. The molecule has 15 heteroatoms. The monoisotopic (exact) mass is 750 g/mol.